The first-order valence-corrected chi connectivity index (χ1v) is 3.66. The molecular formula is C6H8ClN3O2. The highest BCUT2D eigenvalue weighted by Gasteiger charge is 2.04. The molecule has 0 aliphatic rings. The summed E-state index contributed by atoms with van der Waals surface area (Å²) in [6.45, 7) is -0.0357. The van der Waals surface area contributed by atoms with Crippen molar-refractivity contribution in [3.63, 3.8) is 0 Å². The third-order valence-corrected chi connectivity index (χ3v) is 1.70. The summed E-state index contributed by atoms with van der Waals surface area (Å²) in [6, 6.07) is 0. The zero-order valence-corrected chi connectivity index (χ0v) is 6.95. The summed E-state index contributed by atoms with van der Waals surface area (Å²) in [5.41, 5.74) is 4.98. The Balaban J connectivity index is 3.18. The van der Waals surface area contributed by atoms with Gasteiger partial charge in [-0.15, -0.1) is 0 Å². The summed E-state index contributed by atoms with van der Waals surface area (Å²) in [4.78, 5) is 11.2. The Kier molecular flexibility index (Phi) is 2.67. The maximum absolute atomic E-state index is 11.2. The Morgan fingerprint density at radius 2 is 2.42 bits per heavy atom. The van der Waals surface area contributed by atoms with Gasteiger partial charge in [0.15, 0.2) is 0 Å². The van der Waals surface area contributed by atoms with Crippen molar-refractivity contribution >= 4 is 17.3 Å². The van der Waals surface area contributed by atoms with Crippen LogP contribution in [0.4, 0.5) is 5.69 Å². The summed E-state index contributed by atoms with van der Waals surface area (Å²) in [6.07, 6.45) is 1.28. The predicted octanol–water partition coefficient (Wildman–Crippen LogP) is -0.529. The molecule has 1 rings (SSSR count). The number of hydrogen-bond acceptors (Lipinski definition) is 4. The van der Waals surface area contributed by atoms with Gasteiger partial charge in [0.2, 0.25) is 0 Å². The van der Waals surface area contributed by atoms with E-state index >= 15 is 0 Å². The quantitative estimate of drug-likeness (QED) is 0.656. The van der Waals surface area contributed by atoms with Crippen molar-refractivity contribution in [2.45, 2.75) is 6.54 Å². The van der Waals surface area contributed by atoms with Crippen LogP contribution in [0.3, 0.4) is 0 Å². The van der Waals surface area contributed by atoms with Gasteiger partial charge in [0.05, 0.1) is 25.0 Å². The molecule has 0 atom stereocenters. The molecule has 0 spiro atoms. The summed E-state index contributed by atoms with van der Waals surface area (Å²) < 4.78 is 1.05. The fourth-order valence-corrected chi connectivity index (χ4v) is 0.878. The van der Waals surface area contributed by atoms with Gasteiger partial charge in [0, 0.05) is 0 Å². The van der Waals surface area contributed by atoms with Gasteiger partial charge in [0.25, 0.3) is 5.56 Å². The highest BCUT2D eigenvalue weighted by atomic mass is 35.5. The topological polar surface area (TPSA) is 81.1 Å². The van der Waals surface area contributed by atoms with Gasteiger partial charge in [0.1, 0.15) is 5.02 Å². The van der Waals surface area contributed by atoms with Crippen LogP contribution < -0.4 is 11.3 Å². The van der Waals surface area contributed by atoms with Crippen LogP contribution in [-0.4, -0.2) is 21.5 Å². The lowest BCUT2D eigenvalue weighted by Crippen LogP contribution is -2.25. The Morgan fingerprint density at radius 3 is 3.00 bits per heavy atom. The molecule has 0 aliphatic carbocycles. The fraction of sp³-hybridized carbons (Fsp3) is 0.333. The van der Waals surface area contributed by atoms with Crippen LogP contribution in [0.15, 0.2) is 11.0 Å². The van der Waals surface area contributed by atoms with Crippen LogP contribution >= 0.6 is 11.6 Å². The number of aliphatic hydroxyl groups excluding tert-OH is 1. The Labute approximate surface area is 73.4 Å². The van der Waals surface area contributed by atoms with Gasteiger partial charge in [-0.05, 0) is 0 Å². The normalized spacial score (nSPS) is 10.2. The molecule has 0 amide bonds. The largest absolute Gasteiger partial charge is 0.396 e. The van der Waals surface area contributed by atoms with Gasteiger partial charge in [-0.2, -0.15) is 5.10 Å². The lowest BCUT2D eigenvalue weighted by molar-refractivity contribution is 0.266. The van der Waals surface area contributed by atoms with Crippen LogP contribution in [-0.2, 0) is 6.54 Å². The minimum absolute atomic E-state index is 0.0570. The van der Waals surface area contributed by atoms with Gasteiger partial charge in [-0.25, -0.2) is 4.68 Å². The lowest BCUT2D eigenvalue weighted by atomic mass is 10.5. The van der Waals surface area contributed by atoms with Crippen molar-refractivity contribution < 1.29 is 5.11 Å². The second-order valence-corrected chi connectivity index (χ2v) is 2.54. The van der Waals surface area contributed by atoms with E-state index in [0.29, 0.717) is 0 Å². The highest BCUT2D eigenvalue weighted by Crippen LogP contribution is 2.09. The van der Waals surface area contributed by atoms with E-state index in [9.17, 15) is 4.79 Å². The molecule has 1 heterocycles. The summed E-state index contributed by atoms with van der Waals surface area (Å²) in [5, 5.41) is 12.1. The summed E-state index contributed by atoms with van der Waals surface area (Å²) in [5.74, 6) is 0. The third-order valence-electron chi connectivity index (χ3n) is 1.32. The van der Waals surface area contributed by atoms with Crippen molar-refractivity contribution in [1.29, 1.82) is 0 Å². The van der Waals surface area contributed by atoms with Crippen LogP contribution in [0.25, 0.3) is 0 Å². The van der Waals surface area contributed by atoms with E-state index in [2.05, 4.69) is 5.10 Å². The molecule has 5 nitrogen and oxygen atoms in total. The average molecular weight is 190 g/mol. The molecule has 0 saturated heterocycles. The molecule has 1 aromatic heterocycles. The maximum Gasteiger partial charge on any atom is 0.287 e. The number of nitrogens with zero attached hydrogens (tertiary/aromatic N) is 2. The van der Waals surface area contributed by atoms with Crippen LogP contribution in [0.2, 0.25) is 5.02 Å². The van der Waals surface area contributed by atoms with E-state index < -0.39 is 5.56 Å². The van der Waals surface area contributed by atoms with Crippen molar-refractivity contribution in [3.05, 3.63) is 21.6 Å². The maximum atomic E-state index is 11.2. The minimum atomic E-state index is -0.481. The zero-order chi connectivity index (χ0) is 9.14. The predicted molar refractivity (Wildman–Crippen MR) is 45.0 cm³/mol. The Hall–Kier alpha value is -1.07. The third kappa shape index (κ3) is 1.57. The van der Waals surface area contributed by atoms with E-state index in [1.54, 1.807) is 0 Å². The molecular weight excluding hydrogens is 182 g/mol. The second-order valence-electron chi connectivity index (χ2n) is 2.17. The molecule has 6 heteroatoms. The molecule has 0 unspecified atom stereocenters. The Bertz CT molecular complexity index is 336. The van der Waals surface area contributed by atoms with E-state index in [-0.39, 0.29) is 23.9 Å². The molecule has 0 radical (unpaired) electrons. The first-order valence-electron chi connectivity index (χ1n) is 3.28. The first-order chi connectivity index (χ1) is 5.66. The number of nitrogen functional groups attached to an aromatic ring is 1. The van der Waals surface area contributed by atoms with E-state index in [1.165, 1.54) is 6.20 Å². The fourth-order valence-electron chi connectivity index (χ4n) is 0.732. The number of aliphatic hydroxyl groups is 1. The van der Waals surface area contributed by atoms with Crippen molar-refractivity contribution in [2.24, 2.45) is 0 Å². The minimum Gasteiger partial charge on any atom is -0.396 e. The summed E-state index contributed by atoms with van der Waals surface area (Å²) in [7, 11) is 0. The first kappa shape index (κ1) is 9.02. The molecule has 1 aromatic rings. The number of anilines is 1. The molecule has 0 aromatic carbocycles. The SMILES string of the molecule is Nc1cnn(CCO)c(=O)c1Cl. The smallest absolute Gasteiger partial charge is 0.287 e. The van der Waals surface area contributed by atoms with Crippen LogP contribution in [0.5, 0.6) is 0 Å². The van der Waals surface area contributed by atoms with Gasteiger partial charge in [-0.1, -0.05) is 11.6 Å². The molecule has 66 valence electrons. The molecule has 12 heavy (non-hydrogen) atoms. The second kappa shape index (κ2) is 3.55. The number of nitrogens with two attached hydrogens (primary N) is 1. The molecule has 0 bridgehead atoms. The van der Waals surface area contributed by atoms with Crippen molar-refractivity contribution in [3.8, 4) is 0 Å². The number of hydrogen-bond donors (Lipinski definition) is 2. The Morgan fingerprint density at radius 1 is 1.75 bits per heavy atom. The summed E-state index contributed by atoms with van der Waals surface area (Å²) >= 11 is 5.54. The van der Waals surface area contributed by atoms with Gasteiger partial charge < -0.3 is 10.8 Å². The number of aromatic nitrogens is 2. The zero-order valence-electron chi connectivity index (χ0n) is 6.20. The monoisotopic (exact) mass is 189 g/mol. The van der Waals surface area contributed by atoms with E-state index in [1.807, 2.05) is 0 Å². The van der Waals surface area contributed by atoms with E-state index in [4.69, 9.17) is 22.4 Å². The molecule has 0 saturated carbocycles. The number of rotatable bonds is 2. The van der Waals surface area contributed by atoms with Gasteiger partial charge >= 0.3 is 0 Å². The van der Waals surface area contributed by atoms with Gasteiger partial charge in [-0.3, -0.25) is 4.79 Å². The highest BCUT2D eigenvalue weighted by molar-refractivity contribution is 6.32. The molecule has 3 N–H and O–H groups in total. The van der Waals surface area contributed by atoms with Crippen molar-refractivity contribution in [2.75, 3.05) is 12.3 Å². The van der Waals surface area contributed by atoms with Crippen molar-refractivity contribution in [1.82, 2.24) is 9.78 Å². The standard InChI is InChI=1S/C6H8ClN3O2/c7-5-4(8)3-9-10(1-2-11)6(5)12/h3,11H,1-2,8H2. The molecule has 0 fully saturated rings. The number of halogens is 1. The van der Waals surface area contributed by atoms with Crippen LogP contribution in [0, 0.1) is 0 Å². The van der Waals surface area contributed by atoms with Crippen LogP contribution in [0.1, 0.15) is 0 Å². The van der Waals surface area contributed by atoms with E-state index in [0.717, 1.165) is 4.68 Å². The average Bonchev–Trinajstić information content (AvgIpc) is 2.07. The lowest BCUT2D eigenvalue weighted by Gasteiger charge is -2.02. The molecule has 0 aliphatic heterocycles.